The molecule has 1 aliphatic heterocycles. The second-order valence-corrected chi connectivity index (χ2v) is 9.00. The van der Waals surface area contributed by atoms with Crippen LogP contribution in [-0.2, 0) is 10.0 Å². The normalized spacial score (nSPS) is 14.3. The van der Waals surface area contributed by atoms with Gasteiger partial charge in [-0.15, -0.1) is 0 Å². The molecule has 29 heavy (non-hydrogen) atoms. The summed E-state index contributed by atoms with van der Waals surface area (Å²) in [5, 5.41) is 2.79. The van der Waals surface area contributed by atoms with Crippen LogP contribution in [0, 0.1) is 6.92 Å². The van der Waals surface area contributed by atoms with E-state index in [4.69, 9.17) is 0 Å². The number of likely N-dealkylation sites (tertiary alicyclic amines) is 1. The van der Waals surface area contributed by atoms with Crippen LogP contribution in [0.4, 0.5) is 11.4 Å². The first-order valence-corrected chi connectivity index (χ1v) is 11.4. The fourth-order valence-electron chi connectivity index (χ4n) is 3.31. The molecule has 0 saturated carbocycles. The maximum atomic E-state index is 12.9. The van der Waals surface area contributed by atoms with Gasteiger partial charge in [-0.3, -0.25) is 14.3 Å². The number of amides is 2. The van der Waals surface area contributed by atoms with Gasteiger partial charge >= 0.3 is 0 Å². The molecule has 1 aliphatic rings. The monoisotopic (exact) mass is 415 g/mol. The van der Waals surface area contributed by atoms with Crippen LogP contribution in [0.1, 0.15) is 45.5 Å². The Labute approximate surface area is 171 Å². The molecule has 1 heterocycles. The Morgan fingerprint density at radius 2 is 1.66 bits per heavy atom. The number of sulfonamides is 1. The first-order valence-electron chi connectivity index (χ1n) is 9.53. The summed E-state index contributed by atoms with van der Waals surface area (Å²) in [6.07, 6.45) is 4.15. The van der Waals surface area contributed by atoms with Crippen LogP contribution >= 0.6 is 0 Å². The topological polar surface area (TPSA) is 95.6 Å². The number of aryl methyl sites for hydroxylation is 1. The molecule has 2 aromatic carbocycles. The Kier molecular flexibility index (Phi) is 6.22. The highest BCUT2D eigenvalue weighted by atomic mass is 32.2. The molecular weight excluding hydrogens is 390 g/mol. The number of hydrogen-bond donors (Lipinski definition) is 2. The molecule has 1 fully saturated rings. The lowest BCUT2D eigenvalue weighted by atomic mass is 10.1. The first-order chi connectivity index (χ1) is 13.7. The SMILES string of the molecule is Cc1ccc(C(=O)Nc2ccccc2C(=O)N2CCCCC2)cc1NS(C)(=O)=O. The van der Waals surface area contributed by atoms with Crippen molar-refractivity contribution >= 4 is 33.2 Å². The number of piperidine rings is 1. The van der Waals surface area contributed by atoms with E-state index in [-0.39, 0.29) is 5.91 Å². The quantitative estimate of drug-likeness (QED) is 0.784. The maximum absolute atomic E-state index is 12.9. The molecule has 154 valence electrons. The minimum absolute atomic E-state index is 0.0936. The van der Waals surface area contributed by atoms with Crippen molar-refractivity contribution < 1.29 is 18.0 Å². The van der Waals surface area contributed by atoms with E-state index in [1.54, 1.807) is 43.3 Å². The molecule has 8 heteroatoms. The molecule has 2 N–H and O–H groups in total. The summed E-state index contributed by atoms with van der Waals surface area (Å²) < 4.78 is 25.5. The standard InChI is InChI=1S/C21H25N3O4S/c1-15-10-11-16(14-19(15)23-29(2,27)28)20(25)22-18-9-5-4-8-17(18)21(26)24-12-6-3-7-13-24/h4-5,8-11,14,23H,3,6-7,12-13H2,1-2H3,(H,22,25). The van der Waals surface area contributed by atoms with Crippen LogP contribution in [0.15, 0.2) is 42.5 Å². The van der Waals surface area contributed by atoms with Gasteiger partial charge in [0.15, 0.2) is 0 Å². The second kappa shape index (κ2) is 8.65. The highest BCUT2D eigenvalue weighted by Gasteiger charge is 2.21. The molecule has 2 amide bonds. The Hall–Kier alpha value is -2.87. The van der Waals surface area contributed by atoms with Crippen molar-refractivity contribution in [2.24, 2.45) is 0 Å². The number of carbonyl (C=O) groups excluding carboxylic acids is 2. The van der Waals surface area contributed by atoms with Crippen molar-refractivity contribution in [3.63, 3.8) is 0 Å². The zero-order chi connectivity index (χ0) is 21.0. The molecule has 2 aromatic rings. The van der Waals surface area contributed by atoms with E-state index in [9.17, 15) is 18.0 Å². The van der Waals surface area contributed by atoms with Crippen LogP contribution in [0.3, 0.4) is 0 Å². The van der Waals surface area contributed by atoms with Gasteiger partial charge in [0.1, 0.15) is 0 Å². The van der Waals surface area contributed by atoms with E-state index >= 15 is 0 Å². The van der Waals surface area contributed by atoms with Crippen LogP contribution in [0.5, 0.6) is 0 Å². The average Bonchev–Trinajstić information content (AvgIpc) is 2.69. The summed E-state index contributed by atoms with van der Waals surface area (Å²) in [4.78, 5) is 27.5. The Morgan fingerprint density at radius 1 is 0.966 bits per heavy atom. The van der Waals surface area contributed by atoms with Crippen LogP contribution in [0.25, 0.3) is 0 Å². The number of benzene rings is 2. The van der Waals surface area contributed by atoms with Gasteiger partial charge in [-0.1, -0.05) is 18.2 Å². The predicted octanol–water partition coefficient (Wildman–Crippen LogP) is 3.24. The van der Waals surface area contributed by atoms with Gasteiger partial charge in [0.25, 0.3) is 11.8 Å². The molecule has 0 radical (unpaired) electrons. The zero-order valence-corrected chi connectivity index (χ0v) is 17.4. The molecule has 0 bridgehead atoms. The summed E-state index contributed by atoms with van der Waals surface area (Å²) in [5.41, 5.74) is 2.23. The smallest absolute Gasteiger partial charge is 0.255 e. The Bertz CT molecular complexity index is 1030. The number of anilines is 2. The van der Waals surface area contributed by atoms with Gasteiger partial charge in [0, 0.05) is 18.7 Å². The summed E-state index contributed by atoms with van der Waals surface area (Å²) >= 11 is 0. The maximum Gasteiger partial charge on any atom is 0.255 e. The fourth-order valence-corrected chi connectivity index (χ4v) is 3.93. The minimum Gasteiger partial charge on any atom is -0.339 e. The molecule has 0 spiro atoms. The lowest BCUT2D eigenvalue weighted by Crippen LogP contribution is -2.36. The fraction of sp³-hybridized carbons (Fsp3) is 0.333. The van der Waals surface area contributed by atoms with Crippen molar-refractivity contribution in [2.75, 3.05) is 29.4 Å². The lowest BCUT2D eigenvalue weighted by molar-refractivity contribution is 0.0725. The summed E-state index contributed by atoms with van der Waals surface area (Å²) in [7, 11) is -3.46. The van der Waals surface area contributed by atoms with Gasteiger partial charge in [0.05, 0.1) is 23.2 Å². The average molecular weight is 416 g/mol. The summed E-state index contributed by atoms with van der Waals surface area (Å²) in [5.74, 6) is -0.510. The van der Waals surface area contributed by atoms with E-state index in [0.717, 1.165) is 38.6 Å². The van der Waals surface area contributed by atoms with Gasteiger partial charge in [-0.05, 0) is 56.0 Å². The Balaban J connectivity index is 1.83. The van der Waals surface area contributed by atoms with E-state index in [2.05, 4.69) is 10.0 Å². The van der Waals surface area contributed by atoms with Crippen molar-refractivity contribution in [1.82, 2.24) is 4.90 Å². The number of hydrogen-bond acceptors (Lipinski definition) is 4. The van der Waals surface area contributed by atoms with E-state index < -0.39 is 15.9 Å². The molecule has 0 aromatic heterocycles. The third kappa shape index (κ3) is 5.35. The number of rotatable bonds is 5. The van der Waals surface area contributed by atoms with Crippen molar-refractivity contribution in [3.05, 3.63) is 59.2 Å². The minimum atomic E-state index is -3.46. The van der Waals surface area contributed by atoms with Gasteiger partial charge < -0.3 is 10.2 Å². The molecule has 0 aliphatic carbocycles. The van der Waals surface area contributed by atoms with E-state index in [1.807, 2.05) is 4.90 Å². The molecule has 7 nitrogen and oxygen atoms in total. The summed E-state index contributed by atoms with van der Waals surface area (Å²) in [6.45, 7) is 3.20. The Morgan fingerprint density at radius 3 is 2.34 bits per heavy atom. The van der Waals surface area contributed by atoms with Gasteiger partial charge in [0.2, 0.25) is 10.0 Å². The first kappa shape index (κ1) is 20.9. The second-order valence-electron chi connectivity index (χ2n) is 7.26. The largest absolute Gasteiger partial charge is 0.339 e. The summed E-state index contributed by atoms with van der Waals surface area (Å²) in [6, 6.07) is 11.7. The zero-order valence-electron chi connectivity index (χ0n) is 16.6. The van der Waals surface area contributed by atoms with Crippen molar-refractivity contribution in [2.45, 2.75) is 26.2 Å². The van der Waals surface area contributed by atoms with Gasteiger partial charge in [-0.25, -0.2) is 8.42 Å². The van der Waals surface area contributed by atoms with Crippen molar-refractivity contribution in [3.8, 4) is 0 Å². The molecule has 0 unspecified atom stereocenters. The predicted molar refractivity (Wildman–Crippen MR) is 114 cm³/mol. The lowest BCUT2D eigenvalue weighted by Gasteiger charge is -2.27. The molecule has 0 atom stereocenters. The van der Waals surface area contributed by atoms with Crippen LogP contribution < -0.4 is 10.0 Å². The number of nitrogens with one attached hydrogen (secondary N) is 2. The highest BCUT2D eigenvalue weighted by Crippen LogP contribution is 2.22. The third-order valence-electron chi connectivity index (χ3n) is 4.84. The highest BCUT2D eigenvalue weighted by molar-refractivity contribution is 7.92. The van der Waals surface area contributed by atoms with Gasteiger partial charge in [-0.2, -0.15) is 0 Å². The van der Waals surface area contributed by atoms with E-state index in [0.29, 0.717) is 28.1 Å². The molecular formula is C21H25N3O4S. The molecule has 3 rings (SSSR count). The number of nitrogens with zero attached hydrogens (tertiary/aromatic N) is 1. The third-order valence-corrected chi connectivity index (χ3v) is 5.43. The number of para-hydroxylation sites is 1. The van der Waals surface area contributed by atoms with Crippen LogP contribution in [-0.4, -0.2) is 44.5 Å². The molecule has 1 saturated heterocycles. The van der Waals surface area contributed by atoms with Crippen LogP contribution in [0.2, 0.25) is 0 Å². The number of carbonyl (C=O) groups is 2. The van der Waals surface area contributed by atoms with E-state index in [1.165, 1.54) is 6.07 Å². The van der Waals surface area contributed by atoms with Crippen molar-refractivity contribution in [1.29, 1.82) is 0 Å².